The van der Waals surface area contributed by atoms with Gasteiger partial charge in [0.05, 0.1) is 18.8 Å². The molecule has 0 radical (unpaired) electrons. The van der Waals surface area contributed by atoms with E-state index < -0.39 is 17.2 Å². The van der Waals surface area contributed by atoms with Gasteiger partial charge in [0.1, 0.15) is 12.4 Å². The Hall–Kier alpha value is -1.63. The summed E-state index contributed by atoms with van der Waals surface area (Å²) in [6.45, 7) is 7.63. The molecule has 0 aliphatic heterocycles. The number of hydrogen-bond donors (Lipinski definition) is 2. The highest BCUT2D eigenvalue weighted by Crippen LogP contribution is 2.19. The van der Waals surface area contributed by atoms with Crippen LogP contribution in [0.3, 0.4) is 0 Å². The summed E-state index contributed by atoms with van der Waals surface area (Å²) >= 11 is 0. The Kier molecular flexibility index (Phi) is 13.5. The molecule has 0 fully saturated rings. The van der Waals surface area contributed by atoms with E-state index in [1.165, 1.54) is 51.2 Å². The van der Waals surface area contributed by atoms with Gasteiger partial charge in [0, 0.05) is 7.11 Å². The van der Waals surface area contributed by atoms with E-state index in [0.29, 0.717) is 12.8 Å². The fraction of sp³-hybridized carbons (Fsp3) is 0.731. The van der Waals surface area contributed by atoms with Gasteiger partial charge in [-0.15, -0.1) is 0 Å². The summed E-state index contributed by atoms with van der Waals surface area (Å²) in [4.78, 5) is 12.4. The summed E-state index contributed by atoms with van der Waals surface area (Å²) in [7, 11) is 1.54. The zero-order chi connectivity index (χ0) is 23.9. The van der Waals surface area contributed by atoms with Crippen molar-refractivity contribution in [3.05, 3.63) is 35.4 Å². The summed E-state index contributed by atoms with van der Waals surface area (Å²) in [5.41, 5.74) is 0.947. The Morgan fingerprint density at radius 3 is 2.12 bits per heavy atom. The van der Waals surface area contributed by atoms with Gasteiger partial charge in [-0.2, -0.15) is 0 Å². The monoisotopic (exact) mass is 451 g/mol. The minimum absolute atomic E-state index is 0.0882. The molecule has 184 valence electrons. The quantitative estimate of drug-likeness (QED) is 0.260. The molecule has 0 aliphatic rings. The first-order chi connectivity index (χ1) is 15.2. The van der Waals surface area contributed by atoms with Gasteiger partial charge in [-0.25, -0.2) is 4.79 Å². The van der Waals surface area contributed by atoms with Crippen molar-refractivity contribution in [1.82, 2.24) is 5.32 Å². The van der Waals surface area contributed by atoms with Gasteiger partial charge < -0.3 is 24.6 Å². The number of alkyl carbamates (subject to hydrolysis) is 1. The first-order valence-electron chi connectivity index (χ1n) is 12.0. The molecule has 0 aliphatic carbocycles. The fourth-order valence-corrected chi connectivity index (χ4v) is 3.54. The number of amides is 1. The van der Waals surface area contributed by atoms with Crippen molar-refractivity contribution in [3.8, 4) is 0 Å². The first kappa shape index (κ1) is 28.4. The first-order valence-corrected chi connectivity index (χ1v) is 12.0. The average Bonchev–Trinajstić information content (AvgIpc) is 2.74. The number of nitrogens with one attached hydrogen (secondary N) is 1. The van der Waals surface area contributed by atoms with E-state index in [0.717, 1.165) is 12.0 Å². The molecule has 0 bridgehead atoms. The molecule has 0 saturated heterocycles. The van der Waals surface area contributed by atoms with Crippen molar-refractivity contribution in [2.45, 2.75) is 96.6 Å². The van der Waals surface area contributed by atoms with Crippen molar-refractivity contribution in [2.75, 3.05) is 27.1 Å². The zero-order valence-electron chi connectivity index (χ0n) is 20.9. The third-order valence-corrected chi connectivity index (χ3v) is 5.38. The van der Waals surface area contributed by atoms with E-state index in [9.17, 15) is 9.90 Å². The van der Waals surface area contributed by atoms with Crippen LogP contribution < -0.4 is 5.32 Å². The minimum atomic E-state index is -0.946. The number of methoxy groups -OCH3 is 1. The van der Waals surface area contributed by atoms with Gasteiger partial charge in [-0.1, -0.05) is 63.3 Å². The summed E-state index contributed by atoms with van der Waals surface area (Å²) < 4.78 is 15.8. The largest absolute Gasteiger partial charge is 0.444 e. The maximum absolute atomic E-state index is 12.4. The lowest BCUT2D eigenvalue weighted by Gasteiger charge is -2.33. The lowest BCUT2D eigenvalue weighted by Crippen LogP contribution is -2.56. The van der Waals surface area contributed by atoms with Gasteiger partial charge in [-0.05, 0) is 57.6 Å². The highest BCUT2D eigenvalue weighted by Gasteiger charge is 2.33. The molecule has 1 rings (SSSR count). The summed E-state index contributed by atoms with van der Waals surface area (Å²) in [6.07, 6.45) is 9.56. The van der Waals surface area contributed by atoms with E-state index in [-0.39, 0.29) is 20.0 Å². The number of aliphatic hydroxyl groups is 1. The Bertz CT molecular complexity index is 626. The second-order valence-electron chi connectivity index (χ2n) is 9.65. The number of rotatable bonds is 16. The fourth-order valence-electron chi connectivity index (χ4n) is 3.54. The van der Waals surface area contributed by atoms with Gasteiger partial charge in [0.2, 0.25) is 0 Å². The predicted octanol–water partition coefficient (Wildman–Crippen LogP) is 5.40. The summed E-state index contributed by atoms with van der Waals surface area (Å²) in [6, 6.07) is 8.64. The average molecular weight is 452 g/mol. The molecule has 1 amide bonds. The number of hydrogen-bond acceptors (Lipinski definition) is 5. The van der Waals surface area contributed by atoms with Crippen molar-refractivity contribution < 1.29 is 24.1 Å². The number of carbonyl (C=O) groups excluding carboxylic acids is 1. The number of aryl methyl sites for hydroxylation is 2. The molecule has 32 heavy (non-hydrogen) atoms. The Morgan fingerprint density at radius 1 is 0.969 bits per heavy atom. The van der Waals surface area contributed by atoms with Crippen molar-refractivity contribution in [3.63, 3.8) is 0 Å². The molecular weight excluding hydrogens is 406 g/mol. The Balaban J connectivity index is 2.64. The molecule has 2 N–H and O–H groups in total. The summed E-state index contributed by atoms with van der Waals surface area (Å²) in [5.74, 6) is 0. The van der Waals surface area contributed by atoms with E-state index in [2.05, 4.69) is 36.5 Å². The van der Waals surface area contributed by atoms with Crippen LogP contribution in [0.5, 0.6) is 0 Å². The van der Waals surface area contributed by atoms with Crippen LogP contribution in [0.1, 0.15) is 83.8 Å². The van der Waals surface area contributed by atoms with Crippen LogP contribution in [0.2, 0.25) is 0 Å². The van der Waals surface area contributed by atoms with Crippen LogP contribution in [-0.2, 0) is 27.1 Å². The molecular formula is C26H45NO5. The number of benzene rings is 1. The molecule has 0 heterocycles. The van der Waals surface area contributed by atoms with Crippen LogP contribution in [0.4, 0.5) is 4.79 Å². The maximum Gasteiger partial charge on any atom is 0.408 e. The smallest absolute Gasteiger partial charge is 0.408 e. The molecule has 1 unspecified atom stereocenters. The number of aliphatic hydroxyl groups excluding tert-OH is 1. The van der Waals surface area contributed by atoms with Gasteiger partial charge >= 0.3 is 6.09 Å². The SMILES string of the molecule is CCCCCCCCc1ccc(CCC(CO)(COCOC)NC(=O)OC(C)(C)C)cc1. The number of carbonyl (C=O) groups is 1. The third-order valence-electron chi connectivity index (χ3n) is 5.38. The highest BCUT2D eigenvalue weighted by molar-refractivity contribution is 5.68. The molecule has 1 atom stereocenters. The van der Waals surface area contributed by atoms with E-state index >= 15 is 0 Å². The van der Waals surface area contributed by atoms with Crippen LogP contribution in [-0.4, -0.2) is 49.5 Å². The molecule has 6 nitrogen and oxygen atoms in total. The summed E-state index contributed by atoms with van der Waals surface area (Å²) in [5, 5.41) is 13.0. The molecule has 6 heteroatoms. The molecule has 1 aromatic rings. The van der Waals surface area contributed by atoms with Crippen LogP contribution in [0, 0.1) is 0 Å². The zero-order valence-corrected chi connectivity index (χ0v) is 20.9. The van der Waals surface area contributed by atoms with Crippen LogP contribution >= 0.6 is 0 Å². The van der Waals surface area contributed by atoms with E-state index in [1.54, 1.807) is 20.8 Å². The van der Waals surface area contributed by atoms with Crippen molar-refractivity contribution in [2.24, 2.45) is 0 Å². The minimum Gasteiger partial charge on any atom is -0.444 e. The van der Waals surface area contributed by atoms with Crippen molar-refractivity contribution in [1.29, 1.82) is 0 Å². The Labute approximate surface area is 195 Å². The maximum atomic E-state index is 12.4. The van der Waals surface area contributed by atoms with Crippen LogP contribution in [0.25, 0.3) is 0 Å². The standard InChI is InChI=1S/C26H45NO5/c1-6-7-8-9-10-11-12-22-13-15-23(16-14-22)17-18-26(19-28,20-31-21-30-5)27-24(29)32-25(2,3)4/h13-16,28H,6-12,17-21H2,1-5H3,(H,27,29). The molecule has 0 saturated carbocycles. The Morgan fingerprint density at radius 2 is 1.56 bits per heavy atom. The van der Waals surface area contributed by atoms with Gasteiger partial charge in [-0.3, -0.25) is 0 Å². The third kappa shape index (κ3) is 12.4. The van der Waals surface area contributed by atoms with Crippen LogP contribution in [0.15, 0.2) is 24.3 Å². The second-order valence-corrected chi connectivity index (χ2v) is 9.65. The lowest BCUT2D eigenvalue weighted by molar-refractivity contribution is -0.0645. The van der Waals surface area contributed by atoms with Gasteiger partial charge in [0.25, 0.3) is 0 Å². The predicted molar refractivity (Wildman–Crippen MR) is 129 cm³/mol. The number of unbranched alkanes of at least 4 members (excludes halogenated alkanes) is 5. The topological polar surface area (TPSA) is 77.0 Å². The highest BCUT2D eigenvalue weighted by atomic mass is 16.7. The second kappa shape index (κ2) is 15.3. The molecule has 0 aromatic heterocycles. The van der Waals surface area contributed by atoms with Crippen molar-refractivity contribution >= 4 is 6.09 Å². The van der Waals surface area contributed by atoms with E-state index in [4.69, 9.17) is 14.2 Å². The lowest BCUT2D eigenvalue weighted by atomic mass is 9.92. The number of ether oxygens (including phenoxy) is 3. The molecule has 1 aromatic carbocycles. The van der Waals surface area contributed by atoms with E-state index in [1.807, 2.05) is 0 Å². The van der Waals surface area contributed by atoms with Gasteiger partial charge in [0.15, 0.2) is 0 Å². The normalized spacial score (nSPS) is 13.6. The molecule has 0 spiro atoms.